The van der Waals surface area contributed by atoms with Gasteiger partial charge in [0.05, 0.1) is 4.90 Å². The molecule has 7 heteroatoms. The Hall–Kier alpha value is -1.11. The van der Waals surface area contributed by atoms with Crippen molar-refractivity contribution < 1.29 is 13.2 Å². The zero-order chi connectivity index (χ0) is 16.3. The summed E-state index contributed by atoms with van der Waals surface area (Å²) < 4.78 is 23.5. The number of sulfone groups is 1. The number of nitrogens with one attached hydrogen (secondary N) is 1. The van der Waals surface area contributed by atoms with Crippen molar-refractivity contribution in [2.45, 2.75) is 43.5 Å². The van der Waals surface area contributed by atoms with Crippen molar-refractivity contribution in [2.75, 3.05) is 12.8 Å². The molecular formula is C16H25ClN2O3S. The summed E-state index contributed by atoms with van der Waals surface area (Å²) in [5.41, 5.74) is 6.81. The van der Waals surface area contributed by atoms with Crippen LogP contribution in [0.25, 0.3) is 0 Å². The van der Waals surface area contributed by atoms with Gasteiger partial charge in [-0.15, -0.1) is 12.4 Å². The normalized spacial score (nSPS) is 21.3. The number of halogens is 1. The summed E-state index contributed by atoms with van der Waals surface area (Å²) >= 11 is 0. The van der Waals surface area contributed by atoms with Crippen LogP contribution in [0, 0.1) is 12.8 Å². The van der Waals surface area contributed by atoms with Crippen molar-refractivity contribution in [3.05, 3.63) is 29.3 Å². The largest absolute Gasteiger partial charge is 0.349 e. The second-order valence-corrected chi connectivity index (χ2v) is 8.10. The number of carbonyl (C=O) groups excluding carboxylic acids is 1. The highest BCUT2D eigenvalue weighted by Crippen LogP contribution is 2.24. The molecule has 3 N–H and O–H groups in total. The number of amides is 1. The molecule has 1 aliphatic rings. The van der Waals surface area contributed by atoms with E-state index in [1.807, 2.05) is 0 Å². The van der Waals surface area contributed by atoms with Crippen LogP contribution in [0.3, 0.4) is 0 Å². The molecule has 1 aromatic carbocycles. The molecule has 0 aliphatic heterocycles. The van der Waals surface area contributed by atoms with Crippen molar-refractivity contribution in [1.82, 2.24) is 5.32 Å². The van der Waals surface area contributed by atoms with Crippen LogP contribution in [0.15, 0.2) is 23.1 Å². The Bertz CT molecular complexity index is 661. The quantitative estimate of drug-likeness (QED) is 0.860. The standard InChI is InChI=1S/C16H24N2O3S.ClH/c1-11-7-8-12(9-15(11)22(2,20)21)16(19)18-14-6-4-3-5-13(14)10-17;/h7-9,13-14H,3-6,10,17H2,1-2H3,(H,18,19);1H. The SMILES string of the molecule is Cc1ccc(C(=O)NC2CCCCC2CN)cc1S(C)(=O)=O.Cl. The van der Waals surface area contributed by atoms with E-state index >= 15 is 0 Å². The monoisotopic (exact) mass is 360 g/mol. The van der Waals surface area contributed by atoms with Crippen LogP contribution in [0.1, 0.15) is 41.6 Å². The first-order valence-corrected chi connectivity index (χ1v) is 9.53. The van der Waals surface area contributed by atoms with Crippen molar-refractivity contribution >= 4 is 28.2 Å². The second kappa shape index (κ2) is 8.13. The molecule has 1 amide bonds. The number of aryl methyl sites for hydroxylation is 1. The summed E-state index contributed by atoms with van der Waals surface area (Å²) in [5.74, 6) is 0.0766. The van der Waals surface area contributed by atoms with Crippen molar-refractivity contribution in [1.29, 1.82) is 0 Å². The number of nitrogens with two attached hydrogens (primary N) is 1. The van der Waals surface area contributed by atoms with Crippen molar-refractivity contribution in [3.8, 4) is 0 Å². The lowest BCUT2D eigenvalue weighted by atomic mass is 9.84. The second-order valence-electron chi connectivity index (χ2n) is 6.11. The number of benzene rings is 1. The third-order valence-corrected chi connectivity index (χ3v) is 5.62. The molecule has 2 atom stereocenters. The van der Waals surface area contributed by atoms with Gasteiger partial charge in [-0.25, -0.2) is 8.42 Å². The van der Waals surface area contributed by atoms with Crippen LogP contribution in [0.5, 0.6) is 0 Å². The number of rotatable bonds is 4. The van der Waals surface area contributed by atoms with E-state index < -0.39 is 9.84 Å². The van der Waals surface area contributed by atoms with Gasteiger partial charge in [0.2, 0.25) is 0 Å². The third-order valence-electron chi connectivity index (χ3n) is 4.38. The summed E-state index contributed by atoms with van der Waals surface area (Å²) in [7, 11) is -3.34. The zero-order valence-corrected chi connectivity index (χ0v) is 15.2. The minimum atomic E-state index is -3.34. The molecule has 23 heavy (non-hydrogen) atoms. The number of carbonyl (C=O) groups is 1. The van der Waals surface area contributed by atoms with Crippen molar-refractivity contribution in [2.24, 2.45) is 11.7 Å². The van der Waals surface area contributed by atoms with E-state index in [0.717, 1.165) is 31.9 Å². The van der Waals surface area contributed by atoms with Crippen molar-refractivity contribution in [3.63, 3.8) is 0 Å². The first-order chi connectivity index (χ1) is 10.3. The maximum absolute atomic E-state index is 12.4. The molecule has 1 aromatic rings. The smallest absolute Gasteiger partial charge is 0.251 e. The lowest BCUT2D eigenvalue weighted by Gasteiger charge is -2.31. The molecule has 2 unspecified atom stereocenters. The van der Waals surface area contributed by atoms with Crippen LogP contribution >= 0.6 is 12.4 Å². The predicted molar refractivity (Wildman–Crippen MR) is 93.8 cm³/mol. The Morgan fingerprint density at radius 2 is 1.96 bits per heavy atom. The fraction of sp³-hybridized carbons (Fsp3) is 0.562. The van der Waals surface area contributed by atoms with E-state index in [1.54, 1.807) is 19.1 Å². The molecule has 5 nitrogen and oxygen atoms in total. The van der Waals surface area contributed by atoms with Crippen LogP contribution in [0.2, 0.25) is 0 Å². The molecule has 0 aromatic heterocycles. The number of hydrogen-bond donors (Lipinski definition) is 2. The van der Waals surface area contributed by atoms with Gasteiger partial charge in [-0.2, -0.15) is 0 Å². The van der Waals surface area contributed by atoms with E-state index in [4.69, 9.17) is 5.73 Å². The Labute approximate surface area is 144 Å². The highest BCUT2D eigenvalue weighted by atomic mass is 35.5. The average molecular weight is 361 g/mol. The van der Waals surface area contributed by atoms with E-state index in [-0.39, 0.29) is 29.3 Å². The minimum Gasteiger partial charge on any atom is -0.349 e. The highest BCUT2D eigenvalue weighted by Gasteiger charge is 2.26. The molecule has 0 saturated heterocycles. The molecule has 0 bridgehead atoms. The molecule has 2 rings (SSSR count). The molecule has 1 aliphatic carbocycles. The fourth-order valence-electron chi connectivity index (χ4n) is 3.07. The molecule has 130 valence electrons. The first-order valence-electron chi connectivity index (χ1n) is 7.64. The van der Waals surface area contributed by atoms with E-state index in [0.29, 0.717) is 23.6 Å². The average Bonchev–Trinajstić information content (AvgIpc) is 2.47. The van der Waals surface area contributed by atoms with E-state index in [9.17, 15) is 13.2 Å². The Balaban J connectivity index is 0.00000264. The lowest BCUT2D eigenvalue weighted by Crippen LogP contribution is -2.44. The predicted octanol–water partition coefficient (Wildman–Crippen LogP) is 2.07. The van der Waals surface area contributed by atoms with Gasteiger partial charge in [0.25, 0.3) is 5.91 Å². The third kappa shape index (κ3) is 4.93. The Kier molecular flexibility index (Phi) is 7.04. The maximum atomic E-state index is 12.4. The van der Waals surface area contributed by atoms with Crippen LogP contribution in [-0.2, 0) is 9.84 Å². The molecule has 0 spiro atoms. The first kappa shape index (κ1) is 19.9. The highest BCUT2D eigenvalue weighted by molar-refractivity contribution is 7.90. The fourth-order valence-corrected chi connectivity index (χ4v) is 4.07. The Morgan fingerprint density at radius 1 is 1.30 bits per heavy atom. The maximum Gasteiger partial charge on any atom is 0.251 e. The molecule has 1 fully saturated rings. The van der Waals surface area contributed by atoms with Gasteiger partial charge < -0.3 is 11.1 Å². The molecule has 0 heterocycles. The lowest BCUT2D eigenvalue weighted by molar-refractivity contribution is 0.0908. The zero-order valence-electron chi connectivity index (χ0n) is 13.5. The van der Waals surface area contributed by atoms with Gasteiger partial charge in [-0.3, -0.25) is 4.79 Å². The summed E-state index contributed by atoms with van der Waals surface area (Å²) in [6.07, 6.45) is 5.35. The molecule has 1 saturated carbocycles. The van der Waals surface area contributed by atoms with Gasteiger partial charge >= 0.3 is 0 Å². The van der Waals surface area contributed by atoms with Crippen LogP contribution < -0.4 is 11.1 Å². The van der Waals surface area contributed by atoms with E-state index in [2.05, 4.69) is 5.32 Å². The number of hydrogen-bond acceptors (Lipinski definition) is 4. The van der Waals surface area contributed by atoms with Crippen LogP contribution in [0.4, 0.5) is 0 Å². The van der Waals surface area contributed by atoms with Gasteiger partial charge in [0, 0.05) is 17.9 Å². The summed E-state index contributed by atoms with van der Waals surface area (Å²) in [6.45, 7) is 2.29. The van der Waals surface area contributed by atoms with E-state index in [1.165, 1.54) is 6.07 Å². The van der Waals surface area contributed by atoms with Gasteiger partial charge in [0.15, 0.2) is 9.84 Å². The molecular weight excluding hydrogens is 336 g/mol. The minimum absolute atomic E-state index is 0. The summed E-state index contributed by atoms with van der Waals surface area (Å²) in [5, 5.41) is 3.02. The van der Waals surface area contributed by atoms with Crippen LogP contribution in [-0.4, -0.2) is 33.2 Å². The Morgan fingerprint density at radius 3 is 2.57 bits per heavy atom. The van der Waals surface area contributed by atoms with Gasteiger partial charge in [-0.05, 0) is 49.9 Å². The summed E-state index contributed by atoms with van der Waals surface area (Å²) in [6, 6.07) is 4.88. The summed E-state index contributed by atoms with van der Waals surface area (Å²) in [4.78, 5) is 12.6. The van der Waals surface area contributed by atoms with Gasteiger partial charge in [-0.1, -0.05) is 18.9 Å². The van der Waals surface area contributed by atoms with Gasteiger partial charge in [0.1, 0.15) is 0 Å². The topological polar surface area (TPSA) is 89.3 Å². The molecule has 0 radical (unpaired) electrons.